The largest absolute Gasteiger partial charge is 0.455 e. The number of fused-ring (bicyclic) bond motifs is 1. The molecule has 7 unspecified atom stereocenters. The fourth-order valence-electron chi connectivity index (χ4n) is 5.97. The number of rotatable bonds is 3. The van der Waals surface area contributed by atoms with Crippen LogP contribution in [0.2, 0.25) is 0 Å². The van der Waals surface area contributed by atoms with Crippen molar-refractivity contribution in [3.63, 3.8) is 0 Å². The molecule has 1 spiro atoms. The molecule has 7 atom stereocenters. The van der Waals surface area contributed by atoms with Crippen LogP contribution < -0.4 is 0 Å². The Morgan fingerprint density at radius 1 is 1.29 bits per heavy atom. The molecule has 2 N–H and O–H groups in total. The van der Waals surface area contributed by atoms with Crippen LogP contribution in [0.4, 0.5) is 4.39 Å². The molecule has 0 amide bonds. The minimum absolute atomic E-state index is 0.0474. The summed E-state index contributed by atoms with van der Waals surface area (Å²) in [6, 6.07) is 0. The van der Waals surface area contributed by atoms with Crippen molar-refractivity contribution < 1.29 is 38.1 Å². The molecule has 8 nitrogen and oxygen atoms in total. The van der Waals surface area contributed by atoms with Gasteiger partial charge in [0.25, 0.3) is 0 Å². The van der Waals surface area contributed by atoms with E-state index < -0.39 is 53.5 Å². The van der Waals surface area contributed by atoms with Gasteiger partial charge in [0, 0.05) is 25.8 Å². The highest BCUT2D eigenvalue weighted by molar-refractivity contribution is 5.90. The number of carbonyl (C=O) groups excluding carboxylic acids is 2. The molecule has 2 aliphatic heterocycles. The standard InChI is InChI=1S/C29H38FNO7/c1-5-8-20-26(34)17(2)9-6-10-28(4)24(38-28)14-22(21(30)13-19-16-36-18(3)31-19)37-25(33)15-23(32)29(27(20)35)11-7-12-29/h1,13,16-17,20,22-24,26,32,34H,6-12,14-15H2,2-4H3/b21-13-. The van der Waals surface area contributed by atoms with Crippen molar-refractivity contribution in [2.45, 2.75) is 109 Å². The van der Waals surface area contributed by atoms with Gasteiger partial charge in [-0.1, -0.05) is 19.8 Å². The molecule has 3 aliphatic rings. The second kappa shape index (κ2) is 11.3. The molecular formula is C29H38FNO7. The minimum Gasteiger partial charge on any atom is -0.455 e. The molecule has 0 radical (unpaired) electrons. The van der Waals surface area contributed by atoms with Crippen molar-refractivity contribution in [1.29, 1.82) is 0 Å². The number of hydrogen-bond donors (Lipinski definition) is 2. The number of aliphatic hydroxyl groups excluding tert-OH is 2. The van der Waals surface area contributed by atoms with E-state index in [1.54, 1.807) is 6.92 Å². The molecule has 208 valence electrons. The van der Waals surface area contributed by atoms with Gasteiger partial charge in [-0.3, -0.25) is 9.59 Å². The van der Waals surface area contributed by atoms with E-state index >= 15 is 4.39 Å². The molecule has 0 aromatic carbocycles. The van der Waals surface area contributed by atoms with Gasteiger partial charge in [0.05, 0.1) is 41.7 Å². The number of cyclic esters (lactones) is 1. The zero-order valence-electron chi connectivity index (χ0n) is 22.3. The Kier molecular flexibility index (Phi) is 8.46. The number of halogens is 1. The zero-order valence-corrected chi connectivity index (χ0v) is 22.3. The Morgan fingerprint density at radius 3 is 2.63 bits per heavy atom. The van der Waals surface area contributed by atoms with Gasteiger partial charge in [0.2, 0.25) is 0 Å². The predicted molar refractivity (Wildman–Crippen MR) is 136 cm³/mol. The summed E-state index contributed by atoms with van der Waals surface area (Å²) < 4.78 is 32.0. The van der Waals surface area contributed by atoms with Crippen molar-refractivity contribution in [2.75, 3.05) is 0 Å². The third-order valence-electron chi connectivity index (χ3n) is 8.70. The lowest BCUT2D eigenvalue weighted by molar-refractivity contribution is -0.162. The van der Waals surface area contributed by atoms with Crippen LogP contribution in [0.15, 0.2) is 16.5 Å². The summed E-state index contributed by atoms with van der Waals surface area (Å²) in [6.07, 6.45) is 7.35. The third kappa shape index (κ3) is 5.88. The first-order valence-electron chi connectivity index (χ1n) is 13.5. The molecule has 38 heavy (non-hydrogen) atoms. The summed E-state index contributed by atoms with van der Waals surface area (Å²) in [7, 11) is 0. The number of nitrogens with zero attached hydrogens (tertiary/aromatic N) is 1. The molecule has 3 fully saturated rings. The molecule has 1 aliphatic carbocycles. The van der Waals surface area contributed by atoms with E-state index in [4.69, 9.17) is 20.3 Å². The highest BCUT2D eigenvalue weighted by Gasteiger charge is 2.55. The highest BCUT2D eigenvalue weighted by Crippen LogP contribution is 2.49. The third-order valence-corrected chi connectivity index (χ3v) is 8.70. The summed E-state index contributed by atoms with van der Waals surface area (Å²) in [5, 5.41) is 22.2. The van der Waals surface area contributed by atoms with Gasteiger partial charge < -0.3 is 24.1 Å². The van der Waals surface area contributed by atoms with Crippen LogP contribution in [-0.2, 0) is 19.1 Å². The van der Waals surface area contributed by atoms with Crippen LogP contribution in [0.3, 0.4) is 0 Å². The number of Topliss-reactive ketones (excluding diaryl/α,β-unsaturated/α-hetero) is 1. The number of aromatic nitrogens is 1. The van der Waals surface area contributed by atoms with Gasteiger partial charge in [0.1, 0.15) is 23.6 Å². The normalized spacial score (nSPS) is 36.6. The average molecular weight is 532 g/mol. The summed E-state index contributed by atoms with van der Waals surface area (Å²) in [6.45, 7) is 5.46. The lowest BCUT2D eigenvalue weighted by atomic mass is 9.58. The van der Waals surface area contributed by atoms with Crippen molar-refractivity contribution in [1.82, 2.24) is 4.98 Å². The number of epoxide rings is 1. The van der Waals surface area contributed by atoms with Crippen LogP contribution in [0.25, 0.3) is 6.08 Å². The van der Waals surface area contributed by atoms with Crippen LogP contribution in [0, 0.1) is 36.5 Å². The summed E-state index contributed by atoms with van der Waals surface area (Å²) in [5.41, 5.74) is -1.44. The predicted octanol–water partition coefficient (Wildman–Crippen LogP) is 4.06. The van der Waals surface area contributed by atoms with Crippen LogP contribution in [0.1, 0.15) is 83.2 Å². The van der Waals surface area contributed by atoms with Gasteiger partial charge in [-0.25, -0.2) is 9.37 Å². The van der Waals surface area contributed by atoms with Crippen molar-refractivity contribution >= 4 is 17.8 Å². The van der Waals surface area contributed by atoms with Crippen molar-refractivity contribution in [2.24, 2.45) is 17.3 Å². The molecule has 1 aromatic rings. The topological polar surface area (TPSA) is 122 Å². The Labute approximate surface area is 223 Å². The summed E-state index contributed by atoms with van der Waals surface area (Å²) >= 11 is 0. The molecule has 3 heterocycles. The first-order valence-corrected chi connectivity index (χ1v) is 13.5. The number of ether oxygens (including phenoxy) is 2. The monoisotopic (exact) mass is 531 g/mol. The lowest BCUT2D eigenvalue weighted by Gasteiger charge is -2.46. The maximum atomic E-state index is 15.4. The molecule has 9 heteroatoms. The van der Waals surface area contributed by atoms with Crippen LogP contribution in [-0.4, -0.2) is 57.0 Å². The Morgan fingerprint density at radius 2 is 2.03 bits per heavy atom. The van der Waals surface area contributed by atoms with Crippen LogP contribution in [0.5, 0.6) is 0 Å². The molecule has 4 rings (SSSR count). The van der Waals surface area contributed by atoms with Gasteiger partial charge >= 0.3 is 5.97 Å². The smallest absolute Gasteiger partial charge is 0.309 e. The second-order valence-corrected chi connectivity index (χ2v) is 11.4. The number of hydrogen-bond acceptors (Lipinski definition) is 8. The quantitative estimate of drug-likeness (QED) is 0.340. The maximum absolute atomic E-state index is 15.4. The summed E-state index contributed by atoms with van der Waals surface area (Å²) in [4.78, 5) is 30.8. The van der Waals surface area contributed by atoms with Gasteiger partial charge in [-0.2, -0.15) is 0 Å². The Bertz CT molecular complexity index is 1100. The van der Waals surface area contributed by atoms with Gasteiger partial charge in [-0.05, 0) is 38.5 Å². The highest BCUT2D eigenvalue weighted by atomic mass is 19.1. The molecular weight excluding hydrogens is 493 g/mol. The minimum atomic E-state index is -1.33. The lowest BCUT2D eigenvalue weighted by Crippen LogP contribution is -2.53. The van der Waals surface area contributed by atoms with Crippen molar-refractivity contribution in [3.8, 4) is 12.3 Å². The number of aryl methyl sites for hydroxylation is 1. The van der Waals surface area contributed by atoms with Gasteiger partial charge in [0.15, 0.2) is 12.0 Å². The van der Waals surface area contributed by atoms with E-state index in [0.717, 1.165) is 12.5 Å². The maximum Gasteiger partial charge on any atom is 0.309 e. The number of oxazole rings is 1. The summed E-state index contributed by atoms with van der Waals surface area (Å²) in [5.74, 6) is -0.00279. The molecule has 0 bridgehead atoms. The number of ketones is 1. The average Bonchev–Trinajstić information content (AvgIpc) is 3.26. The number of carbonyl (C=O) groups is 2. The number of aliphatic hydroxyl groups is 2. The first kappa shape index (κ1) is 28.5. The van der Waals surface area contributed by atoms with Crippen LogP contribution >= 0.6 is 0 Å². The van der Waals surface area contributed by atoms with E-state index in [1.807, 2.05) is 13.8 Å². The van der Waals surface area contributed by atoms with E-state index in [2.05, 4.69) is 10.9 Å². The Hall–Kier alpha value is -2.54. The molecule has 1 saturated carbocycles. The Balaban J connectivity index is 1.61. The molecule has 1 aromatic heterocycles. The molecule has 2 saturated heterocycles. The van der Waals surface area contributed by atoms with E-state index in [9.17, 15) is 19.8 Å². The SMILES string of the molecule is C#CCC1C(=O)C2(CCC2)C(O)CC(=O)OC(/C(F)=C/c2coc(C)n2)CC2OC2(C)CCCC(C)C1O. The number of terminal acetylenes is 1. The zero-order chi connectivity index (χ0) is 27.7. The van der Waals surface area contributed by atoms with E-state index in [-0.39, 0.29) is 36.3 Å². The second-order valence-electron chi connectivity index (χ2n) is 11.4. The fraction of sp³-hybridized carbons (Fsp3) is 0.690. The van der Waals surface area contributed by atoms with E-state index in [1.165, 1.54) is 6.26 Å². The fourth-order valence-corrected chi connectivity index (χ4v) is 5.97. The van der Waals surface area contributed by atoms with Gasteiger partial charge in [-0.15, -0.1) is 12.3 Å². The van der Waals surface area contributed by atoms with E-state index in [0.29, 0.717) is 38.0 Å². The number of esters is 1. The van der Waals surface area contributed by atoms with Crippen molar-refractivity contribution in [3.05, 3.63) is 23.7 Å². The first-order chi connectivity index (χ1) is 18.0.